The fourth-order valence-corrected chi connectivity index (χ4v) is 4.37. The second-order valence-electron chi connectivity index (χ2n) is 9.77. The Labute approximate surface area is 182 Å². The average molecular weight is 408 g/mol. The predicted molar refractivity (Wildman–Crippen MR) is 123 cm³/mol. The third-order valence-corrected chi connectivity index (χ3v) is 5.86. The highest BCUT2D eigenvalue weighted by Crippen LogP contribution is 2.27. The number of rotatable bonds is 8. The van der Waals surface area contributed by atoms with Gasteiger partial charge in [0.15, 0.2) is 0 Å². The van der Waals surface area contributed by atoms with E-state index in [2.05, 4.69) is 66.3 Å². The van der Waals surface area contributed by atoms with E-state index in [1.165, 1.54) is 24.8 Å². The zero-order chi connectivity index (χ0) is 21.4. The molecule has 1 aliphatic rings. The first-order valence-electron chi connectivity index (χ1n) is 11.4. The highest BCUT2D eigenvalue weighted by atomic mass is 16.1. The van der Waals surface area contributed by atoms with E-state index >= 15 is 0 Å². The number of likely N-dealkylation sites (tertiary alicyclic amines) is 1. The first kappa shape index (κ1) is 22.5. The largest absolute Gasteiger partial charge is 0.348 e. The number of benzene rings is 1. The maximum absolute atomic E-state index is 12.7. The smallest absolute Gasteiger partial charge is 0.221 e. The van der Waals surface area contributed by atoms with Crippen LogP contribution >= 0.6 is 0 Å². The second kappa shape index (κ2) is 10.7. The van der Waals surface area contributed by atoms with Gasteiger partial charge >= 0.3 is 0 Å². The number of hydrogen-bond donors (Lipinski definition) is 1. The number of carbonyl (C=O) groups excluding carboxylic acids is 1. The number of piperidine rings is 1. The van der Waals surface area contributed by atoms with Crippen molar-refractivity contribution in [3.8, 4) is 0 Å². The van der Waals surface area contributed by atoms with E-state index in [0.717, 1.165) is 31.6 Å². The van der Waals surface area contributed by atoms with Gasteiger partial charge in [0.1, 0.15) is 0 Å². The van der Waals surface area contributed by atoms with Gasteiger partial charge in [0, 0.05) is 25.2 Å². The first-order chi connectivity index (χ1) is 14.4. The van der Waals surface area contributed by atoms with E-state index < -0.39 is 0 Å². The fourth-order valence-electron chi connectivity index (χ4n) is 4.37. The summed E-state index contributed by atoms with van der Waals surface area (Å²) < 4.78 is 0. The Morgan fingerprint density at radius 1 is 1.13 bits per heavy atom. The summed E-state index contributed by atoms with van der Waals surface area (Å²) in [4.78, 5) is 19.9. The maximum Gasteiger partial charge on any atom is 0.221 e. The minimum atomic E-state index is -0.0385. The fraction of sp³-hybridized carbons (Fsp3) is 0.538. The summed E-state index contributed by atoms with van der Waals surface area (Å²) in [5, 5.41) is 3.30. The molecule has 0 saturated carbocycles. The Morgan fingerprint density at radius 2 is 1.90 bits per heavy atom. The lowest BCUT2D eigenvalue weighted by atomic mass is 9.90. The molecule has 4 heteroatoms. The molecule has 1 aromatic carbocycles. The SMILES string of the molecule is CC(C)(C)CC(=O)NC(CC1CCCCN1CCc1ccccc1)c1ccccn1. The molecule has 1 aliphatic heterocycles. The molecule has 2 unspecified atom stereocenters. The van der Waals surface area contributed by atoms with Gasteiger partial charge in [-0.3, -0.25) is 14.7 Å². The van der Waals surface area contributed by atoms with Crippen LogP contribution in [0.2, 0.25) is 0 Å². The monoisotopic (exact) mass is 407 g/mol. The molecule has 4 nitrogen and oxygen atoms in total. The Kier molecular flexibility index (Phi) is 8.03. The molecule has 1 aromatic heterocycles. The standard InChI is InChI=1S/C26H37N3O/c1-26(2,3)20-25(30)28-24(23-14-7-9-16-27-23)19-22-13-8-10-17-29(22)18-15-21-11-5-4-6-12-21/h4-7,9,11-12,14,16,22,24H,8,10,13,15,17-20H2,1-3H3,(H,28,30). The molecule has 0 radical (unpaired) electrons. The van der Waals surface area contributed by atoms with Crippen LogP contribution in [0.1, 0.15) is 70.2 Å². The van der Waals surface area contributed by atoms with Gasteiger partial charge in [0.25, 0.3) is 0 Å². The van der Waals surface area contributed by atoms with E-state index in [0.29, 0.717) is 12.5 Å². The van der Waals surface area contributed by atoms with Crippen molar-refractivity contribution in [2.75, 3.05) is 13.1 Å². The number of pyridine rings is 1. The number of nitrogens with zero attached hydrogens (tertiary/aromatic N) is 2. The Balaban J connectivity index is 1.68. The van der Waals surface area contributed by atoms with Crippen molar-refractivity contribution in [3.05, 3.63) is 66.0 Å². The lowest BCUT2D eigenvalue weighted by Crippen LogP contribution is -2.44. The van der Waals surface area contributed by atoms with Gasteiger partial charge in [0.2, 0.25) is 5.91 Å². The number of amides is 1. The summed E-state index contributed by atoms with van der Waals surface area (Å²) in [7, 11) is 0. The summed E-state index contributed by atoms with van der Waals surface area (Å²) in [6.07, 6.45) is 8.05. The summed E-state index contributed by atoms with van der Waals surface area (Å²) in [6.45, 7) is 8.53. The van der Waals surface area contributed by atoms with Gasteiger partial charge in [-0.2, -0.15) is 0 Å². The van der Waals surface area contributed by atoms with Gasteiger partial charge in [0.05, 0.1) is 11.7 Å². The van der Waals surface area contributed by atoms with Crippen molar-refractivity contribution < 1.29 is 4.79 Å². The van der Waals surface area contributed by atoms with Crippen molar-refractivity contribution in [1.82, 2.24) is 15.2 Å². The average Bonchev–Trinajstić information content (AvgIpc) is 2.73. The van der Waals surface area contributed by atoms with Gasteiger partial charge in [-0.05, 0) is 55.3 Å². The van der Waals surface area contributed by atoms with Crippen LogP contribution in [-0.4, -0.2) is 34.9 Å². The number of aromatic nitrogens is 1. The summed E-state index contributed by atoms with van der Waals surface area (Å²) in [6, 6.07) is 17.2. The van der Waals surface area contributed by atoms with Crippen molar-refractivity contribution in [3.63, 3.8) is 0 Å². The van der Waals surface area contributed by atoms with Crippen LogP contribution in [0.4, 0.5) is 0 Å². The lowest BCUT2D eigenvalue weighted by Gasteiger charge is -2.38. The zero-order valence-electron chi connectivity index (χ0n) is 18.8. The number of carbonyl (C=O) groups is 1. The normalized spacial score (nSPS) is 18.7. The van der Waals surface area contributed by atoms with Crippen molar-refractivity contribution in [1.29, 1.82) is 0 Å². The van der Waals surface area contributed by atoms with Crippen molar-refractivity contribution >= 4 is 5.91 Å². The van der Waals surface area contributed by atoms with E-state index in [1.807, 2.05) is 24.4 Å². The maximum atomic E-state index is 12.7. The number of nitrogens with one attached hydrogen (secondary N) is 1. The molecule has 0 bridgehead atoms. The van der Waals surface area contributed by atoms with E-state index in [9.17, 15) is 4.79 Å². The Morgan fingerprint density at radius 3 is 2.60 bits per heavy atom. The van der Waals surface area contributed by atoms with Crippen LogP contribution in [-0.2, 0) is 11.2 Å². The minimum Gasteiger partial charge on any atom is -0.348 e. The molecule has 1 fully saturated rings. The quantitative estimate of drug-likeness (QED) is 0.657. The summed E-state index contributed by atoms with van der Waals surface area (Å²) in [5.74, 6) is 0.116. The topological polar surface area (TPSA) is 45.2 Å². The van der Waals surface area contributed by atoms with E-state index in [1.54, 1.807) is 0 Å². The molecule has 162 valence electrons. The lowest BCUT2D eigenvalue weighted by molar-refractivity contribution is -0.123. The Bertz CT molecular complexity index is 770. The molecule has 1 saturated heterocycles. The number of hydrogen-bond acceptors (Lipinski definition) is 3. The van der Waals surface area contributed by atoms with Crippen LogP contribution in [0.3, 0.4) is 0 Å². The van der Waals surface area contributed by atoms with Crippen LogP contribution in [0.15, 0.2) is 54.7 Å². The highest BCUT2D eigenvalue weighted by molar-refractivity contribution is 5.77. The molecule has 2 aromatic rings. The molecule has 1 N–H and O–H groups in total. The van der Waals surface area contributed by atoms with Crippen LogP contribution in [0.5, 0.6) is 0 Å². The third kappa shape index (κ3) is 7.24. The predicted octanol–water partition coefficient (Wildman–Crippen LogP) is 5.16. The van der Waals surface area contributed by atoms with Crippen molar-refractivity contribution in [2.24, 2.45) is 5.41 Å². The molecule has 1 amide bonds. The Hall–Kier alpha value is -2.20. The molecule has 3 rings (SSSR count). The second-order valence-corrected chi connectivity index (χ2v) is 9.77. The van der Waals surface area contributed by atoms with Crippen LogP contribution < -0.4 is 5.32 Å². The van der Waals surface area contributed by atoms with Crippen LogP contribution in [0.25, 0.3) is 0 Å². The third-order valence-electron chi connectivity index (χ3n) is 5.86. The zero-order valence-corrected chi connectivity index (χ0v) is 18.8. The minimum absolute atomic E-state index is 0.0225. The van der Waals surface area contributed by atoms with E-state index in [4.69, 9.17) is 0 Å². The molecule has 2 heterocycles. The van der Waals surface area contributed by atoms with Crippen molar-refractivity contribution in [2.45, 2.75) is 71.4 Å². The first-order valence-corrected chi connectivity index (χ1v) is 11.4. The van der Waals surface area contributed by atoms with Crippen LogP contribution in [0, 0.1) is 5.41 Å². The summed E-state index contributed by atoms with van der Waals surface area (Å²) in [5.41, 5.74) is 2.33. The highest BCUT2D eigenvalue weighted by Gasteiger charge is 2.28. The van der Waals surface area contributed by atoms with Gasteiger partial charge in [-0.1, -0.05) is 63.6 Å². The van der Waals surface area contributed by atoms with Gasteiger partial charge in [-0.25, -0.2) is 0 Å². The molecular formula is C26H37N3O. The molecular weight excluding hydrogens is 370 g/mol. The van der Waals surface area contributed by atoms with Gasteiger partial charge in [-0.15, -0.1) is 0 Å². The van der Waals surface area contributed by atoms with Gasteiger partial charge < -0.3 is 5.32 Å². The summed E-state index contributed by atoms with van der Waals surface area (Å²) >= 11 is 0. The molecule has 0 aliphatic carbocycles. The molecule has 30 heavy (non-hydrogen) atoms. The molecule has 0 spiro atoms. The molecule has 2 atom stereocenters. The van der Waals surface area contributed by atoms with E-state index in [-0.39, 0.29) is 17.4 Å².